The number of aromatic nitrogens is 5. The maximum absolute atomic E-state index is 14.0. The summed E-state index contributed by atoms with van der Waals surface area (Å²) in [6.07, 6.45) is -1.21. The lowest BCUT2D eigenvalue weighted by Crippen LogP contribution is -2.60. The van der Waals surface area contributed by atoms with E-state index in [9.17, 15) is 26.4 Å². The highest BCUT2D eigenvalue weighted by Crippen LogP contribution is 2.60. The molecule has 230 valence electrons. The number of fused-ring (bicyclic) bond motifs is 4. The van der Waals surface area contributed by atoms with Crippen LogP contribution in [0.4, 0.5) is 19.0 Å². The molecule has 1 saturated heterocycles. The SMILES string of the molecule is Cc1cc2nn1CCCC1CC(C)(C)N3c4nc(-n5ccc(OCCC6(C(F)(F)F)CC6)n5)ccc4C(=O)N(C13)S2(=O)=O. The first-order valence-corrected chi connectivity index (χ1v) is 15.9. The molecule has 0 spiro atoms. The molecule has 2 fully saturated rings. The number of rotatable bonds is 5. The van der Waals surface area contributed by atoms with Crippen molar-refractivity contribution in [3.63, 3.8) is 0 Å². The van der Waals surface area contributed by atoms with Crippen molar-refractivity contribution in [3.05, 3.63) is 41.7 Å². The summed E-state index contributed by atoms with van der Waals surface area (Å²) in [5.41, 5.74) is -1.32. The Morgan fingerprint density at radius 3 is 2.63 bits per heavy atom. The summed E-state index contributed by atoms with van der Waals surface area (Å²) in [6, 6.07) is 6.16. The minimum absolute atomic E-state index is 0.113. The lowest BCUT2D eigenvalue weighted by Gasteiger charge is -2.46. The number of halogens is 3. The molecule has 0 aromatic carbocycles. The molecule has 3 aliphatic heterocycles. The van der Waals surface area contributed by atoms with E-state index in [4.69, 9.17) is 9.72 Å². The van der Waals surface area contributed by atoms with E-state index in [-0.39, 0.29) is 48.3 Å². The minimum Gasteiger partial charge on any atom is -0.477 e. The van der Waals surface area contributed by atoms with E-state index >= 15 is 0 Å². The third-order valence-electron chi connectivity index (χ3n) is 9.37. The Labute approximate surface area is 246 Å². The number of aryl methyl sites for hydroxylation is 2. The fraction of sp³-hybridized carbons (Fsp3) is 0.571. The minimum atomic E-state index is -4.27. The van der Waals surface area contributed by atoms with Gasteiger partial charge in [-0.15, -0.1) is 5.10 Å². The normalized spacial score (nSPS) is 24.8. The van der Waals surface area contributed by atoms with E-state index < -0.39 is 39.2 Å². The van der Waals surface area contributed by atoms with E-state index in [1.807, 2.05) is 18.7 Å². The van der Waals surface area contributed by atoms with Gasteiger partial charge >= 0.3 is 6.18 Å². The van der Waals surface area contributed by atoms with Gasteiger partial charge in [-0.2, -0.15) is 26.7 Å². The Hall–Kier alpha value is -3.62. The number of hydrogen-bond acceptors (Lipinski definition) is 8. The van der Waals surface area contributed by atoms with Gasteiger partial charge in [-0.3, -0.25) is 9.48 Å². The van der Waals surface area contributed by atoms with Gasteiger partial charge in [0, 0.05) is 42.0 Å². The summed E-state index contributed by atoms with van der Waals surface area (Å²) < 4.78 is 77.4. The molecule has 3 aromatic rings. The van der Waals surface area contributed by atoms with Crippen LogP contribution >= 0.6 is 0 Å². The van der Waals surface area contributed by atoms with Crippen LogP contribution in [-0.2, 0) is 16.6 Å². The molecule has 15 heteroatoms. The number of amides is 1. The first-order valence-electron chi connectivity index (χ1n) is 14.4. The van der Waals surface area contributed by atoms with E-state index in [1.54, 1.807) is 36.0 Å². The van der Waals surface area contributed by atoms with Crippen molar-refractivity contribution in [2.75, 3.05) is 11.5 Å². The Morgan fingerprint density at radius 1 is 1.14 bits per heavy atom. The van der Waals surface area contributed by atoms with Gasteiger partial charge in [0.05, 0.1) is 17.6 Å². The topological polar surface area (TPSA) is 115 Å². The second-order valence-corrected chi connectivity index (χ2v) is 14.4. The van der Waals surface area contributed by atoms with Crippen LogP contribution in [0, 0.1) is 18.3 Å². The zero-order valence-corrected chi connectivity index (χ0v) is 24.8. The molecule has 2 atom stereocenters. The summed E-state index contributed by atoms with van der Waals surface area (Å²) in [5.74, 6) is 0.107. The van der Waals surface area contributed by atoms with Crippen molar-refractivity contribution in [2.24, 2.45) is 11.3 Å². The molecular weight excluding hydrogens is 587 g/mol. The monoisotopic (exact) mass is 619 g/mol. The highest BCUT2D eigenvalue weighted by Gasteiger charge is 2.62. The fourth-order valence-electron chi connectivity index (χ4n) is 6.91. The average molecular weight is 620 g/mol. The molecular formula is C28H32F3N7O4S. The van der Waals surface area contributed by atoms with Crippen LogP contribution in [0.3, 0.4) is 0 Å². The average Bonchev–Trinajstić information content (AvgIpc) is 3.30. The number of alkyl halides is 3. The van der Waals surface area contributed by atoms with Gasteiger partial charge in [0.1, 0.15) is 12.0 Å². The molecule has 4 aliphatic rings. The van der Waals surface area contributed by atoms with E-state index in [2.05, 4.69) is 10.2 Å². The zero-order chi connectivity index (χ0) is 30.5. The molecule has 11 nitrogen and oxygen atoms in total. The first-order chi connectivity index (χ1) is 20.2. The molecule has 1 amide bonds. The number of pyridine rings is 1. The molecule has 2 bridgehead atoms. The summed E-state index contributed by atoms with van der Waals surface area (Å²) in [6.45, 7) is 6.30. The Bertz CT molecular complexity index is 1730. The van der Waals surface area contributed by atoms with E-state index in [0.717, 1.165) is 10.7 Å². The predicted molar refractivity (Wildman–Crippen MR) is 147 cm³/mol. The molecule has 1 saturated carbocycles. The first kappa shape index (κ1) is 28.2. The number of nitrogens with zero attached hydrogens (tertiary/aromatic N) is 7. The Balaban J connectivity index is 1.22. The molecule has 6 heterocycles. The van der Waals surface area contributed by atoms with Gasteiger partial charge in [-0.1, -0.05) is 0 Å². The molecule has 1 aliphatic carbocycles. The molecule has 2 unspecified atom stereocenters. The molecule has 0 radical (unpaired) electrons. The van der Waals surface area contributed by atoms with Gasteiger partial charge in [-0.05, 0) is 71.4 Å². The second kappa shape index (κ2) is 9.19. The Kier molecular flexibility index (Phi) is 6.02. The maximum atomic E-state index is 14.0. The van der Waals surface area contributed by atoms with Crippen LogP contribution in [0.25, 0.3) is 5.82 Å². The molecule has 43 heavy (non-hydrogen) atoms. The van der Waals surface area contributed by atoms with Crippen molar-refractivity contribution in [1.29, 1.82) is 0 Å². The largest absolute Gasteiger partial charge is 0.477 e. The predicted octanol–water partition coefficient (Wildman–Crippen LogP) is 4.45. The van der Waals surface area contributed by atoms with Crippen LogP contribution in [0.1, 0.15) is 68.4 Å². The van der Waals surface area contributed by atoms with Crippen LogP contribution in [0.5, 0.6) is 5.88 Å². The van der Waals surface area contributed by atoms with Gasteiger partial charge in [0.25, 0.3) is 15.9 Å². The fourth-order valence-corrected chi connectivity index (χ4v) is 8.50. The van der Waals surface area contributed by atoms with Crippen molar-refractivity contribution >= 4 is 21.7 Å². The van der Waals surface area contributed by atoms with Crippen molar-refractivity contribution < 1.29 is 31.1 Å². The van der Waals surface area contributed by atoms with Gasteiger partial charge in [-0.25, -0.2) is 14.0 Å². The lowest BCUT2D eigenvalue weighted by atomic mass is 9.92. The molecule has 3 aromatic heterocycles. The highest BCUT2D eigenvalue weighted by molar-refractivity contribution is 7.89. The van der Waals surface area contributed by atoms with Crippen molar-refractivity contribution in [3.8, 4) is 11.7 Å². The third kappa shape index (κ3) is 4.32. The Morgan fingerprint density at radius 2 is 1.91 bits per heavy atom. The van der Waals surface area contributed by atoms with Crippen LogP contribution in [-0.4, -0.2) is 67.7 Å². The third-order valence-corrected chi connectivity index (χ3v) is 11.0. The summed E-state index contributed by atoms with van der Waals surface area (Å²) in [4.78, 5) is 20.8. The smallest absolute Gasteiger partial charge is 0.394 e. The molecule has 7 rings (SSSR count). The second-order valence-electron chi connectivity index (χ2n) is 12.7. The summed E-state index contributed by atoms with van der Waals surface area (Å²) >= 11 is 0. The quantitative estimate of drug-likeness (QED) is 0.412. The standard InChI is InChI=1S/C28H32F3N7O4S/c1-17-15-22-34-35(17)12-4-5-18-16-26(2,3)37-23-19(25(39)38(24(18)37)43(22,40)41)6-7-20(32-23)36-13-8-21(33-36)42-14-11-27(9-10-27)28(29,30)31/h6-8,13,15,18,24H,4-5,9-12,14,16H2,1-3H3. The number of sulfonamides is 1. The van der Waals surface area contributed by atoms with Crippen LogP contribution in [0.15, 0.2) is 35.5 Å². The maximum Gasteiger partial charge on any atom is 0.394 e. The lowest BCUT2D eigenvalue weighted by molar-refractivity contribution is -0.190. The number of carbonyl (C=O) groups excluding carboxylic acids is 1. The van der Waals surface area contributed by atoms with E-state index in [1.165, 1.54) is 10.7 Å². The van der Waals surface area contributed by atoms with E-state index in [0.29, 0.717) is 36.7 Å². The summed E-state index contributed by atoms with van der Waals surface area (Å²) in [7, 11) is -4.27. The number of anilines is 1. The van der Waals surface area contributed by atoms with Gasteiger partial charge < -0.3 is 9.64 Å². The van der Waals surface area contributed by atoms with Crippen LogP contribution in [0.2, 0.25) is 0 Å². The zero-order valence-electron chi connectivity index (χ0n) is 24.0. The van der Waals surface area contributed by atoms with Crippen molar-refractivity contribution in [2.45, 2.75) is 88.7 Å². The van der Waals surface area contributed by atoms with Gasteiger partial charge in [0.15, 0.2) is 10.8 Å². The van der Waals surface area contributed by atoms with Gasteiger partial charge in [0.2, 0.25) is 5.88 Å². The number of carbonyl (C=O) groups is 1. The number of hydrogen-bond donors (Lipinski definition) is 0. The molecule has 0 N–H and O–H groups in total. The van der Waals surface area contributed by atoms with Crippen LogP contribution < -0.4 is 9.64 Å². The summed E-state index contributed by atoms with van der Waals surface area (Å²) in [5, 5.41) is 8.54. The highest BCUT2D eigenvalue weighted by atomic mass is 32.2. The number of ether oxygens (including phenoxy) is 1. The van der Waals surface area contributed by atoms with Crippen molar-refractivity contribution in [1.82, 2.24) is 28.9 Å².